The van der Waals surface area contributed by atoms with Crippen molar-refractivity contribution in [2.24, 2.45) is 0 Å². The van der Waals surface area contributed by atoms with Crippen molar-refractivity contribution in [1.29, 1.82) is 0 Å². The number of nitrogens with zero attached hydrogens (tertiary/aromatic N) is 2. The second-order valence-electron chi connectivity index (χ2n) is 7.84. The minimum Gasteiger partial charge on any atom is -0.366 e. The number of carbonyl (C=O) groups is 3. The Balaban J connectivity index is 1.80. The molecule has 30 heavy (non-hydrogen) atoms. The fourth-order valence-corrected chi connectivity index (χ4v) is 4.13. The number of nitrogens with one attached hydrogen (secondary N) is 1. The van der Waals surface area contributed by atoms with E-state index in [1.807, 2.05) is 36.9 Å². The van der Waals surface area contributed by atoms with Crippen LogP contribution < -0.4 is 10.2 Å². The van der Waals surface area contributed by atoms with Crippen molar-refractivity contribution >= 4 is 34.7 Å². The molecule has 2 aromatic rings. The quantitative estimate of drug-likeness (QED) is 0.792. The van der Waals surface area contributed by atoms with Gasteiger partial charge in [-0.25, -0.2) is 4.90 Å². The van der Waals surface area contributed by atoms with Gasteiger partial charge in [0.05, 0.1) is 11.3 Å². The number of hydrogen-bond acceptors (Lipinski definition) is 4. The Morgan fingerprint density at radius 1 is 0.933 bits per heavy atom. The number of anilines is 2. The third-order valence-electron chi connectivity index (χ3n) is 5.79. The lowest BCUT2D eigenvalue weighted by atomic mass is 10.0. The molecule has 3 amide bonds. The van der Waals surface area contributed by atoms with Crippen LogP contribution in [0.1, 0.15) is 36.5 Å². The van der Waals surface area contributed by atoms with Gasteiger partial charge in [-0.2, -0.15) is 0 Å². The van der Waals surface area contributed by atoms with Gasteiger partial charge in [-0.05, 0) is 61.6 Å². The third-order valence-corrected chi connectivity index (χ3v) is 5.79. The van der Waals surface area contributed by atoms with E-state index < -0.39 is 0 Å². The lowest BCUT2D eigenvalue weighted by Crippen LogP contribution is -2.35. The highest BCUT2D eigenvalue weighted by molar-refractivity contribution is 6.45. The first-order valence-electron chi connectivity index (χ1n) is 10.2. The van der Waals surface area contributed by atoms with Crippen LogP contribution in [0.5, 0.6) is 0 Å². The molecule has 0 bridgehead atoms. The van der Waals surface area contributed by atoms with Gasteiger partial charge in [0.2, 0.25) is 5.91 Å². The molecule has 0 unspecified atom stereocenters. The fraction of sp³-hybridized carbons (Fsp3) is 0.292. The lowest BCUT2D eigenvalue weighted by molar-refractivity contribution is -0.120. The Labute approximate surface area is 176 Å². The number of hydrogen-bond donors (Lipinski definition) is 1. The summed E-state index contributed by atoms with van der Waals surface area (Å²) in [5.74, 6) is -0.729. The topological polar surface area (TPSA) is 69.7 Å². The van der Waals surface area contributed by atoms with Crippen LogP contribution in [0.2, 0.25) is 0 Å². The van der Waals surface area contributed by atoms with Gasteiger partial charge in [-0.3, -0.25) is 14.4 Å². The van der Waals surface area contributed by atoms with Crippen molar-refractivity contribution in [1.82, 2.24) is 4.90 Å². The zero-order valence-corrected chi connectivity index (χ0v) is 17.5. The molecule has 4 rings (SSSR count). The van der Waals surface area contributed by atoms with Gasteiger partial charge in [0, 0.05) is 25.7 Å². The van der Waals surface area contributed by atoms with Crippen molar-refractivity contribution in [2.45, 2.75) is 33.6 Å². The van der Waals surface area contributed by atoms with E-state index in [0.717, 1.165) is 37.1 Å². The van der Waals surface area contributed by atoms with Crippen molar-refractivity contribution in [2.75, 3.05) is 23.3 Å². The number of rotatable bonds is 4. The zero-order valence-electron chi connectivity index (χ0n) is 17.5. The summed E-state index contributed by atoms with van der Waals surface area (Å²) in [7, 11) is 0. The van der Waals surface area contributed by atoms with Crippen molar-refractivity contribution < 1.29 is 14.4 Å². The number of amides is 3. The first kappa shape index (κ1) is 19.9. The second kappa shape index (κ2) is 7.78. The summed E-state index contributed by atoms with van der Waals surface area (Å²) >= 11 is 0. The van der Waals surface area contributed by atoms with E-state index in [2.05, 4.69) is 5.32 Å². The van der Waals surface area contributed by atoms with Crippen LogP contribution in [-0.4, -0.2) is 35.7 Å². The van der Waals surface area contributed by atoms with Gasteiger partial charge in [0.25, 0.3) is 11.8 Å². The first-order valence-corrected chi connectivity index (χ1v) is 10.2. The molecular weight excluding hydrogens is 378 g/mol. The van der Waals surface area contributed by atoms with E-state index >= 15 is 0 Å². The maximum atomic E-state index is 13.6. The Bertz CT molecular complexity index is 1060. The molecule has 0 radical (unpaired) electrons. The highest BCUT2D eigenvalue weighted by Crippen LogP contribution is 2.37. The maximum absolute atomic E-state index is 13.6. The standard InChI is InChI=1S/C24H25N3O3/c1-15-7-6-8-20(16(15)2)27-23(29)21(22(24(27)30)26-13-4-5-14-26)18-9-11-19(12-10-18)25-17(3)28/h6-12H,4-5,13-14H2,1-3H3,(H,25,28). The van der Waals surface area contributed by atoms with Gasteiger partial charge in [0.15, 0.2) is 0 Å². The first-order chi connectivity index (χ1) is 14.4. The molecule has 0 aliphatic carbocycles. The molecule has 6 nitrogen and oxygen atoms in total. The molecule has 1 saturated heterocycles. The Hall–Kier alpha value is -3.41. The molecule has 2 aromatic carbocycles. The van der Waals surface area contributed by atoms with E-state index in [9.17, 15) is 14.4 Å². The van der Waals surface area contributed by atoms with Crippen LogP contribution in [0.25, 0.3) is 5.57 Å². The van der Waals surface area contributed by atoms with E-state index in [1.165, 1.54) is 11.8 Å². The molecule has 2 heterocycles. The molecule has 0 spiro atoms. The summed E-state index contributed by atoms with van der Waals surface area (Å²) in [5.41, 5.74) is 4.82. The Kier molecular flexibility index (Phi) is 5.16. The maximum Gasteiger partial charge on any atom is 0.282 e. The van der Waals surface area contributed by atoms with Gasteiger partial charge in [-0.15, -0.1) is 0 Å². The molecular formula is C24H25N3O3. The van der Waals surface area contributed by atoms with Crippen LogP contribution >= 0.6 is 0 Å². The Morgan fingerprint density at radius 3 is 2.23 bits per heavy atom. The van der Waals surface area contributed by atoms with Crippen LogP contribution in [0, 0.1) is 13.8 Å². The van der Waals surface area contributed by atoms with Crippen molar-refractivity contribution in [3.8, 4) is 0 Å². The number of aryl methyl sites for hydroxylation is 1. The van der Waals surface area contributed by atoms with Gasteiger partial charge in [-0.1, -0.05) is 24.3 Å². The van der Waals surface area contributed by atoms with Crippen LogP contribution in [0.15, 0.2) is 48.2 Å². The SMILES string of the molecule is CC(=O)Nc1ccc(C2=C(N3CCCC3)C(=O)N(c3cccc(C)c3C)C2=O)cc1. The van der Waals surface area contributed by atoms with Crippen LogP contribution in [0.3, 0.4) is 0 Å². The molecule has 2 aliphatic rings. The number of imide groups is 1. The Morgan fingerprint density at radius 2 is 1.60 bits per heavy atom. The lowest BCUT2D eigenvalue weighted by Gasteiger charge is -2.21. The van der Waals surface area contributed by atoms with E-state index in [0.29, 0.717) is 28.2 Å². The number of likely N-dealkylation sites (tertiary alicyclic amines) is 1. The summed E-state index contributed by atoms with van der Waals surface area (Å²) in [6, 6.07) is 12.7. The van der Waals surface area contributed by atoms with Gasteiger partial charge < -0.3 is 10.2 Å². The monoisotopic (exact) mass is 403 g/mol. The van der Waals surface area contributed by atoms with Crippen LogP contribution in [0.4, 0.5) is 11.4 Å². The minimum atomic E-state index is -0.303. The average molecular weight is 403 g/mol. The second-order valence-corrected chi connectivity index (χ2v) is 7.84. The molecule has 154 valence electrons. The zero-order chi connectivity index (χ0) is 21.4. The van der Waals surface area contributed by atoms with Gasteiger partial charge >= 0.3 is 0 Å². The predicted octanol–water partition coefficient (Wildman–Crippen LogP) is 3.64. The molecule has 1 fully saturated rings. The molecule has 6 heteroatoms. The van der Waals surface area contributed by atoms with Crippen molar-refractivity contribution in [3.05, 3.63) is 64.9 Å². The molecule has 0 aromatic heterocycles. The smallest absolute Gasteiger partial charge is 0.282 e. The fourth-order valence-electron chi connectivity index (χ4n) is 4.13. The van der Waals surface area contributed by atoms with E-state index in [1.54, 1.807) is 24.3 Å². The average Bonchev–Trinajstić information content (AvgIpc) is 3.31. The highest BCUT2D eigenvalue weighted by atomic mass is 16.2. The summed E-state index contributed by atoms with van der Waals surface area (Å²) in [6.45, 7) is 6.88. The largest absolute Gasteiger partial charge is 0.366 e. The van der Waals surface area contributed by atoms with E-state index in [-0.39, 0.29) is 17.7 Å². The molecule has 0 atom stereocenters. The van der Waals surface area contributed by atoms with Crippen molar-refractivity contribution in [3.63, 3.8) is 0 Å². The van der Waals surface area contributed by atoms with Gasteiger partial charge in [0.1, 0.15) is 5.70 Å². The van der Waals surface area contributed by atoms with Crippen LogP contribution in [-0.2, 0) is 14.4 Å². The molecule has 1 N–H and O–H groups in total. The van der Waals surface area contributed by atoms with E-state index in [4.69, 9.17) is 0 Å². The summed E-state index contributed by atoms with van der Waals surface area (Å²) < 4.78 is 0. The minimum absolute atomic E-state index is 0.159. The highest BCUT2D eigenvalue weighted by Gasteiger charge is 2.43. The summed E-state index contributed by atoms with van der Waals surface area (Å²) in [6.07, 6.45) is 2.01. The summed E-state index contributed by atoms with van der Waals surface area (Å²) in [4.78, 5) is 41.7. The number of carbonyl (C=O) groups excluding carboxylic acids is 3. The third kappa shape index (κ3) is 3.38. The summed E-state index contributed by atoms with van der Waals surface area (Å²) in [5, 5.41) is 2.73. The molecule has 2 aliphatic heterocycles. The normalized spacial score (nSPS) is 16.6. The molecule has 0 saturated carbocycles. The number of benzene rings is 2. The predicted molar refractivity (Wildman–Crippen MR) is 117 cm³/mol.